The molecule has 86 valence electrons. The summed E-state index contributed by atoms with van der Waals surface area (Å²) in [5.41, 5.74) is 5.57. The zero-order chi connectivity index (χ0) is 12.1. The molecular formula is C11H10N4O2. The fourth-order valence-corrected chi connectivity index (χ4v) is 1.24. The van der Waals surface area contributed by atoms with Gasteiger partial charge in [-0.1, -0.05) is 6.07 Å². The van der Waals surface area contributed by atoms with Crippen LogP contribution in [-0.4, -0.2) is 16.0 Å². The molecule has 0 aliphatic rings. The summed E-state index contributed by atoms with van der Waals surface area (Å²) in [5.74, 6) is 0.917. The number of hydrogen-bond acceptors (Lipinski definition) is 4. The SMILES string of the molecule is NC(=O)Nc1cccc(Oc2cnccn2)c1. The van der Waals surface area contributed by atoms with E-state index in [1.165, 1.54) is 12.4 Å². The standard InChI is InChI=1S/C11H10N4O2/c12-11(16)15-8-2-1-3-9(6-8)17-10-7-13-4-5-14-10/h1-7H,(H3,12,15,16). The molecule has 17 heavy (non-hydrogen) atoms. The molecule has 0 spiro atoms. The van der Waals surface area contributed by atoms with E-state index in [0.717, 1.165) is 0 Å². The van der Waals surface area contributed by atoms with Gasteiger partial charge in [0.05, 0.1) is 6.20 Å². The van der Waals surface area contributed by atoms with Crippen LogP contribution in [0.1, 0.15) is 0 Å². The fourth-order valence-electron chi connectivity index (χ4n) is 1.24. The normalized spacial score (nSPS) is 9.65. The minimum atomic E-state index is -0.623. The van der Waals surface area contributed by atoms with Crippen molar-refractivity contribution >= 4 is 11.7 Å². The van der Waals surface area contributed by atoms with E-state index in [0.29, 0.717) is 17.3 Å². The summed E-state index contributed by atoms with van der Waals surface area (Å²) in [4.78, 5) is 18.5. The summed E-state index contributed by atoms with van der Waals surface area (Å²) in [7, 11) is 0. The number of nitrogens with two attached hydrogens (primary N) is 1. The summed E-state index contributed by atoms with van der Waals surface area (Å²) in [6.07, 6.45) is 4.58. The molecule has 0 saturated heterocycles. The van der Waals surface area contributed by atoms with Crippen LogP contribution in [0.25, 0.3) is 0 Å². The summed E-state index contributed by atoms with van der Waals surface area (Å²) < 4.78 is 5.43. The molecule has 0 atom stereocenters. The van der Waals surface area contributed by atoms with E-state index in [9.17, 15) is 4.79 Å². The molecule has 6 heteroatoms. The first kappa shape index (κ1) is 10.9. The highest BCUT2D eigenvalue weighted by atomic mass is 16.5. The van der Waals surface area contributed by atoms with Crippen molar-refractivity contribution in [2.45, 2.75) is 0 Å². The van der Waals surface area contributed by atoms with Crippen LogP contribution in [0.2, 0.25) is 0 Å². The third kappa shape index (κ3) is 3.16. The van der Waals surface area contributed by atoms with Gasteiger partial charge in [-0.05, 0) is 12.1 Å². The molecule has 2 rings (SSSR count). The molecule has 1 aromatic carbocycles. The lowest BCUT2D eigenvalue weighted by Crippen LogP contribution is -2.19. The fraction of sp³-hybridized carbons (Fsp3) is 0. The Hall–Kier alpha value is -2.63. The van der Waals surface area contributed by atoms with Crippen molar-refractivity contribution in [3.63, 3.8) is 0 Å². The van der Waals surface area contributed by atoms with Gasteiger partial charge in [-0.3, -0.25) is 4.98 Å². The number of anilines is 1. The maximum Gasteiger partial charge on any atom is 0.316 e. The second-order valence-corrected chi connectivity index (χ2v) is 3.16. The second kappa shape index (κ2) is 4.93. The number of hydrogen-bond donors (Lipinski definition) is 2. The molecule has 0 bridgehead atoms. The molecule has 2 aromatic rings. The Morgan fingerprint density at radius 3 is 2.94 bits per heavy atom. The summed E-state index contributed by atoms with van der Waals surface area (Å²) in [5, 5.41) is 2.45. The van der Waals surface area contributed by atoms with Crippen molar-refractivity contribution in [2.24, 2.45) is 5.73 Å². The van der Waals surface area contributed by atoms with Crippen molar-refractivity contribution < 1.29 is 9.53 Å². The van der Waals surface area contributed by atoms with Crippen LogP contribution in [0.15, 0.2) is 42.9 Å². The lowest BCUT2D eigenvalue weighted by atomic mass is 10.3. The van der Waals surface area contributed by atoms with Crippen molar-refractivity contribution in [1.29, 1.82) is 0 Å². The van der Waals surface area contributed by atoms with Gasteiger partial charge in [0.1, 0.15) is 5.75 Å². The van der Waals surface area contributed by atoms with E-state index in [2.05, 4.69) is 15.3 Å². The maximum atomic E-state index is 10.7. The second-order valence-electron chi connectivity index (χ2n) is 3.16. The average molecular weight is 230 g/mol. The highest BCUT2D eigenvalue weighted by Crippen LogP contribution is 2.21. The van der Waals surface area contributed by atoms with Gasteiger partial charge in [0.15, 0.2) is 0 Å². The topological polar surface area (TPSA) is 90.1 Å². The molecule has 0 aliphatic heterocycles. The summed E-state index contributed by atoms with van der Waals surface area (Å²) >= 11 is 0. The summed E-state index contributed by atoms with van der Waals surface area (Å²) in [6.45, 7) is 0. The van der Waals surface area contributed by atoms with Crippen LogP contribution in [0, 0.1) is 0 Å². The van der Waals surface area contributed by atoms with Crippen molar-refractivity contribution in [3.05, 3.63) is 42.9 Å². The van der Waals surface area contributed by atoms with Gasteiger partial charge in [0.2, 0.25) is 5.88 Å². The molecule has 2 amide bonds. The van der Waals surface area contributed by atoms with E-state index in [-0.39, 0.29) is 0 Å². The highest BCUT2D eigenvalue weighted by molar-refractivity contribution is 5.87. The molecule has 0 radical (unpaired) electrons. The number of nitrogens with one attached hydrogen (secondary N) is 1. The van der Waals surface area contributed by atoms with Crippen molar-refractivity contribution in [1.82, 2.24) is 9.97 Å². The van der Waals surface area contributed by atoms with Crippen LogP contribution in [-0.2, 0) is 0 Å². The first-order valence-electron chi connectivity index (χ1n) is 4.84. The monoisotopic (exact) mass is 230 g/mol. The quantitative estimate of drug-likeness (QED) is 0.840. The zero-order valence-corrected chi connectivity index (χ0v) is 8.83. The van der Waals surface area contributed by atoms with Crippen LogP contribution < -0.4 is 15.8 Å². The van der Waals surface area contributed by atoms with Gasteiger partial charge in [-0.2, -0.15) is 0 Å². The van der Waals surface area contributed by atoms with Crippen LogP contribution in [0.3, 0.4) is 0 Å². The number of primary amides is 1. The predicted octanol–water partition coefficient (Wildman–Crippen LogP) is 1.76. The molecule has 6 nitrogen and oxygen atoms in total. The van der Waals surface area contributed by atoms with E-state index in [4.69, 9.17) is 10.5 Å². The first-order chi connectivity index (χ1) is 8.24. The molecule has 1 aromatic heterocycles. The van der Waals surface area contributed by atoms with E-state index in [1.54, 1.807) is 30.5 Å². The molecule has 0 fully saturated rings. The molecule has 0 aliphatic carbocycles. The van der Waals surface area contributed by atoms with E-state index in [1.807, 2.05) is 0 Å². The molecule has 0 saturated carbocycles. The Labute approximate surface area is 97.5 Å². The van der Waals surface area contributed by atoms with Gasteiger partial charge >= 0.3 is 6.03 Å². The number of nitrogens with zero attached hydrogens (tertiary/aromatic N) is 2. The van der Waals surface area contributed by atoms with Crippen LogP contribution in [0.5, 0.6) is 11.6 Å². The van der Waals surface area contributed by atoms with E-state index >= 15 is 0 Å². The number of urea groups is 1. The Kier molecular flexibility index (Phi) is 3.15. The zero-order valence-electron chi connectivity index (χ0n) is 8.83. The van der Waals surface area contributed by atoms with Crippen molar-refractivity contribution in [3.8, 4) is 11.6 Å². The largest absolute Gasteiger partial charge is 0.437 e. The Morgan fingerprint density at radius 2 is 2.24 bits per heavy atom. The lowest BCUT2D eigenvalue weighted by Gasteiger charge is -2.06. The predicted molar refractivity (Wildman–Crippen MR) is 61.8 cm³/mol. The minimum absolute atomic E-state index is 0.378. The first-order valence-corrected chi connectivity index (χ1v) is 4.84. The van der Waals surface area contributed by atoms with Crippen molar-refractivity contribution in [2.75, 3.05) is 5.32 Å². The Balaban J connectivity index is 2.14. The van der Waals surface area contributed by atoms with Gasteiger partial charge in [0.25, 0.3) is 0 Å². The minimum Gasteiger partial charge on any atom is -0.437 e. The van der Waals surface area contributed by atoms with Gasteiger partial charge in [-0.15, -0.1) is 0 Å². The molecule has 3 N–H and O–H groups in total. The maximum absolute atomic E-state index is 10.7. The number of carbonyl (C=O) groups excluding carboxylic acids is 1. The third-order valence-electron chi connectivity index (χ3n) is 1.86. The molecule has 0 unspecified atom stereocenters. The number of aromatic nitrogens is 2. The smallest absolute Gasteiger partial charge is 0.316 e. The number of carbonyl (C=O) groups is 1. The third-order valence-corrected chi connectivity index (χ3v) is 1.86. The van der Waals surface area contributed by atoms with Gasteiger partial charge < -0.3 is 15.8 Å². The Morgan fingerprint density at radius 1 is 1.35 bits per heavy atom. The molecular weight excluding hydrogens is 220 g/mol. The van der Waals surface area contributed by atoms with E-state index < -0.39 is 6.03 Å². The number of ether oxygens (including phenoxy) is 1. The average Bonchev–Trinajstić information content (AvgIpc) is 2.30. The Bertz CT molecular complexity index is 516. The number of benzene rings is 1. The number of amides is 2. The number of rotatable bonds is 3. The highest BCUT2D eigenvalue weighted by Gasteiger charge is 2.01. The summed E-state index contributed by atoms with van der Waals surface area (Å²) in [6, 6.07) is 6.19. The van der Waals surface area contributed by atoms with Crippen LogP contribution >= 0.6 is 0 Å². The molecule has 1 heterocycles. The van der Waals surface area contributed by atoms with Gasteiger partial charge in [-0.25, -0.2) is 9.78 Å². The van der Waals surface area contributed by atoms with Crippen LogP contribution in [0.4, 0.5) is 10.5 Å². The lowest BCUT2D eigenvalue weighted by molar-refractivity contribution is 0.259. The van der Waals surface area contributed by atoms with Gasteiger partial charge in [0, 0.05) is 24.1 Å².